The fraction of sp³-hybridized carbons (Fsp3) is 0.231. The van der Waals surface area contributed by atoms with Crippen molar-refractivity contribution in [3.05, 3.63) is 53.5 Å². The molecule has 0 saturated heterocycles. The first-order valence-corrected chi connectivity index (χ1v) is 5.39. The predicted octanol–water partition coefficient (Wildman–Crippen LogP) is 1.84. The number of aryl methyl sites for hydroxylation is 1. The van der Waals surface area contributed by atoms with Crippen molar-refractivity contribution in [2.75, 3.05) is 7.11 Å². The molecule has 1 aromatic carbocycles. The van der Waals surface area contributed by atoms with E-state index in [1.165, 1.54) is 5.56 Å². The molecule has 0 amide bonds. The fourth-order valence-corrected chi connectivity index (χ4v) is 1.64. The number of ether oxygens (including phenoxy) is 1. The van der Waals surface area contributed by atoms with E-state index < -0.39 is 0 Å². The lowest BCUT2D eigenvalue weighted by molar-refractivity contribution is 0.387. The summed E-state index contributed by atoms with van der Waals surface area (Å²) in [5, 5.41) is 0. The molecule has 1 atom stereocenters. The number of nitrogens with zero attached hydrogens (tertiary/aromatic N) is 2. The van der Waals surface area contributed by atoms with Crippen LogP contribution in [0, 0.1) is 6.92 Å². The van der Waals surface area contributed by atoms with Gasteiger partial charge in [-0.15, -0.1) is 0 Å². The third-order valence-corrected chi connectivity index (χ3v) is 2.62. The Kier molecular flexibility index (Phi) is 3.35. The zero-order chi connectivity index (χ0) is 12.3. The number of hydrogen-bond donors (Lipinski definition) is 1. The third-order valence-electron chi connectivity index (χ3n) is 2.62. The van der Waals surface area contributed by atoms with Crippen molar-refractivity contribution in [3.63, 3.8) is 0 Å². The number of rotatable bonds is 3. The molecule has 0 aliphatic rings. The van der Waals surface area contributed by atoms with E-state index in [0.29, 0.717) is 11.6 Å². The topological polar surface area (TPSA) is 61.0 Å². The van der Waals surface area contributed by atoms with Gasteiger partial charge in [-0.05, 0) is 12.5 Å². The van der Waals surface area contributed by atoms with Crippen LogP contribution in [0.25, 0.3) is 0 Å². The zero-order valence-corrected chi connectivity index (χ0v) is 9.92. The summed E-state index contributed by atoms with van der Waals surface area (Å²) >= 11 is 0. The second kappa shape index (κ2) is 4.93. The maximum Gasteiger partial charge on any atom is 0.237 e. The molecule has 0 aliphatic carbocycles. The van der Waals surface area contributed by atoms with Crippen LogP contribution >= 0.6 is 0 Å². The molecule has 2 rings (SSSR count). The van der Waals surface area contributed by atoms with E-state index >= 15 is 0 Å². The van der Waals surface area contributed by atoms with Crippen LogP contribution in [-0.2, 0) is 0 Å². The molecule has 0 aliphatic heterocycles. The maximum atomic E-state index is 6.16. The Labute approximate surface area is 100 Å². The van der Waals surface area contributed by atoms with Crippen molar-refractivity contribution >= 4 is 0 Å². The van der Waals surface area contributed by atoms with Crippen LogP contribution in [0.3, 0.4) is 0 Å². The molecule has 1 heterocycles. The van der Waals surface area contributed by atoms with Gasteiger partial charge in [-0.25, -0.2) is 4.98 Å². The first kappa shape index (κ1) is 11.5. The highest BCUT2D eigenvalue weighted by Gasteiger charge is 2.15. The summed E-state index contributed by atoms with van der Waals surface area (Å²) in [7, 11) is 1.56. The lowest BCUT2D eigenvalue weighted by Crippen LogP contribution is -2.15. The summed E-state index contributed by atoms with van der Waals surface area (Å²) in [4.78, 5) is 8.33. The molecule has 4 nitrogen and oxygen atoms in total. The van der Waals surface area contributed by atoms with Gasteiger partial charge in [-0.1, -0.05) is 29.8 Å². The summed E-state index contributed by atoms with van der Waals surface area (Å²) in [6.45, 7) is 2.04. The van der Waals surface area contributed by atoms with Gasteiger partial charge < -0.3 is 10.5 Å². The molecule has 1 aromatic heterocycles. The van der Waals surface area contributed by atoms with E-state index in [4.69, 9.17) is 10.5 Å². The van der Waals surface area contributed by atoms with Crippen LogP contribution in [0.5, 0.6) is 5.88 Å². The SMILES string of the molecule is COc1nccnc1C(N)c1ccc(C)cc1. The lowest BCUT2D eigenvalue weighted by atomic mass is 10.0. The zero-order valence-electron chi connectivity index (χ0n) is 9.92. The Bertz CT molecular complexity index is 496. The van der Waals surface area contributed by atoms with Crippen molar-refractivity contribution in [2.24, 2.45) is 5.73 Å². The van der Waals surface area contributed by atoms with E-state index in [-0.39, 0.29) is 6.04 Å². The van der Waals surface area contributed by atoms with Crippen molar-refractivity contribution in [1.82, 2.24) is 9.97 Å². The van der Waals surface area contributed by atoms with E-state index in [1.807, 2.05) is 31.2 Å². The molecule has 0 bridgehead atoms. The standard InChI is InChI=1S/C13H15N3O/c1-9-3-5-10(6-4-9)11(14)12-13(17-2)16-8-7-15-12/h3-8,11H,14H2,1-2H3. The van der Waals surface area contributed by atoms with Crippen LogP contribution in [0.4, 0.5) is 0 Å². The van der Waals surface area contributed by atoms with Crippen molar-refractivity contribution < 1.29 is 4.74 Å². The highest BCUT2D eigenvalue weighted by Crippen LogP contribution is 2.23. The van der Waals surface area contributed by atoms with Gasteiger partial charge in [0.1, 0.15) is 5.69 Å². The molecule has 17 heavy (non-hydrogen) atoms. The Hall–Kier alpha value is -1.94. The smallest absolute Gasteiger partial charge is 0.237 e. The molecular weight excluding hydrogens is 214 g/mol. The number of hydrogen-bond acceptors (Lipinski definition) is 4. The minimum atomic E-state index is -0.320. The normalized spacial score (nSPS) is 12.2. The average molecular weight is 229 g/mol. The Morgan fingerprint density at radius 3 is 2.41 bits per heavy atom. The van der Waals surface area contributed by atoms with E-state index in [2.05, 4.69) is 9.97 Å². The van der Waals surface area contributed by atoms with Crippen LogP contribution in [-0.4, -0.2) is 17.1 Å². The number of nitrogens with two attached hydrogens (primary N) is 1. The minimum absolute atomic E-state index is 0.320. The number of aromatic nitrogens is 2. The largest absolute Gasteiger partial charge is 0.480 e. The van der Waals surface area contributed by atoms with Gasteiger partial charge in [0.15, 0.2) is 0 Å². The summed E-state index contributed by atoms with van der Waals surface area (Å²) in [5.41, 5.74) is 9.01. The van der Waals surface area contributed by atoms with Crippen molar-refractivity contribution in [3.8, 4) is 5.88 Å². The Balaban J connectivity index is 2.36. The lowest BCUT2D eigenvalue weighted by Gasteiger charge is -2.13. The van der Waals surface area contributed by atoms with Gasteiger partial charge >= 0.3 is 0 Å². The summed E-state index contributed by atoms with van der Waals surface area (Å²) in [5.74, 6) is 0.473. The van der Waals surface area contributed by atoms with Gasteiger partial charge in [-0.2, -0.15) is 0 Å². The molecule has 1 unspecified atom stereocenters. The predicted molar refractivity (Wildman–Crippen MR) is 65.8 cm³/mol. The van der Waals surface area contributed by atoms with Crippen LogP contribution in [0.1, 0.15) is 22.9 Å². The van der Waals surface area contributed by atoms with Crippen LogP contribution < -0.4 is 10.5 Å². The molecule has 2 aromatic rings. The molecule has 0 fully saturated rings. The highest BCUT2D eigenvalue weighted by atomic mass is 16.5. The van der Waals surface area contributed by atoms with Crippen LogP contribution in [0.15, 0.2) is 36.7 Å². The van der Waals surface area contributed by atoms with Crippen LogP contribution in [0.2, 0.25) is 0 Å². The average Bonchev–Trinajstić information content (AvgIpc) is 2.39. The van der Waals surface area contributed by atoms with Gasteiger partial charge in [0.25, 0.3) is 0 Å². The Morgan fingerprint density at radius 1 is 1.12 bits per heavy atom. The van der Waals surface area contributed by atoms with Gasteiger partial charge in [-0.3, -0.25) is 4.98 Å². The second-order valence-corrected chi connectivity index (χ2v) is 3.84. The quantitative estimate of drug-likeness (QED) is 0.872. The Morgan fingerprint density at radius 2 is 1.76 bits per heavy atom. The number of methoxy groups -OCH3 is 1. The molecule has 4 heteroatoms. The molecular formula is C13H15N3O. The van der Waals surface area contributed by atoms with Crippen molar-refractivity contribution in [1.29, 1.82) is 0 Å². The molecule has 0 saturated carbocycles. The minimum Gasteiger partial charge on any atom is -0.480 e. The number of benzene rings is 1. The maximum absolute atomic E-state index is 6.16. The van der Waals surface area contributed by atoms with E-state index in [0.717, 1.165) is 5.56 Å². The monoisotopic (exact) mass is 229 g/mol. The van der Waals surface area contributed by atoms with E-state index in [1.54, 1.807) is 19.5 Å². The first-order chi connectivity index (χ1) is 8.22. The molecule has 0 spiro atoms. The van der Waals surface area contributed by atoms with Gasteiger partial charge in [0.05, 0.1) is 13.2 Å². The van der Waals surface area contributed by atoms with Gasteiger partial charge in [0, 0.05) is 12.4 Å². The van der Waals surface area contributed by atoms with E-state index in [9.17, 15) is 0 Å². The van der Waals surface area contributed by atoms with Gasteiger partial charge in [0.2, 0.25) is 5.88 Å². The fourth-order valence-electron chi connectivity index (χ4n) is 1.64. The molecule has 2 N–H and O–H groups in total. The second-order valence-electron chi connectivity index (χ2n) is 3.84. The third kappa shape index (κ3) is 2.42. The molecule has 0 radical (unpaired) electrons. The first-order valence-electron chi connectivity index (χ1n) is 5.39. The summed E-state index contributed by atoms with van der Waals surface area (Å²) in [6.07, 6.45) is 3.20. The highest BCUT2D eigenvalue weighted by molar-refractivity contribution is 5.33. The summed E-state index contributed by atoms with van der Waals surface area (Å²) < 4.78 is 5.16. The summed E-state index contributed by atoms with van der Waals surface area (Å²) in [6, 6.07) is 7.72. The van der Waals surface area contributed by atoms with Crippen molar-refractivity contribution in [2.45, 2.75) is 13.0 Å². The molecule has 88 valence electrons.